The number of furan rings is 3. The fraction of sp³-hybridized carbons (Fsp3) is 0.0222. The summed E-state index contributed by atoms with van der Waals surface area (Å²) < 4.78 is 19.2. The Labute approximate surface area is 800 Å². The Hall–Kier alpha value is -17.8. The minimum Gasteiger partial charge on any atom is -0.455 e. The second-order valence-electron chi connectivity index (χ2n) is 36.1. The second kappa shape index (κ2) is 35.0. The zero-order valence-electron chi connectivity index (χ0n) is 76.3. The van der Waals surface area contributed by atoms with Gasteiger partial charge in [0.25, 0.3) is 0 Å². The quantitative estimate of drug-likeness (QED) is 0.108. The van der Waals surface area contributed by atoms with Gasteiger partial charge in [0.2, 0.25) is 0 Å². The minimum atomic E-state index is 0.917. The lowest BCUT2D eigenvalue weighted by atomic mass is 9.84. The molecule has 3 heterocycles. The molecule has 3 heteroatoms. The van der Waals surface area contributed by atoms with E-state index < -0.39 is 0 Å². The first-order valence-corrected chi connectivity index (χ1v) is 47.7. The van der Waals surface area contributed by atoms with Gasteiger partial charge in [0, 0.05) is 49.0 Å². The molecule has 0 aliphatic heterocycles. The molecule has 0 N–H and O–H groups in total. The lowest BCUT2D eigenvalue weighted by Gasteiger charge is -2.19. The molecule has 648 valence electrons. The zero-order chi connectivity index (χ0) is 91.7. The third-order valence-electron chi connectivity index (χ3n) is 28.0. The Morgan fingerprint density at radius 2 is 0.348 bits per heavy atom. The molecule has 24 aromatic carbocycles. The van der Waals surface area contributed by atoms with Gasteiger partial charge >= 0.3 is 0 Å². The molecule has 0 saturated heterocycles. The highest BCUT2D eigenvalue weighted by atomic mass is 16.3. The largest absolute Gasteiger partial charge is 0.455 e. The van der Waals surface area contributed by atoms with E-state index in [1.54, 1.807) is 0 Å². The first-order valence-electron chi connectivity index (χ1n) is 47.7. The fourth-order valence-corrected chi connectivity index (χ4v) is 21.5. The summed E-state index contributed by atoms with van der Waals surface area (Å²) in [6.45, 7) is 4.36. The van der Waals surface area contributed by atoms with E-state index in [2.05, 4.69) is 475 Å². The Bertz CT molecular complexity index is 9410. The highest BCUT2D eigenvalue weighted by molar-refractivity contribution is 6.26. The molecule has 0 atom stereocenters. The first kappa shape index (κ1) is 82.2. The molecule has 0 amide bonds. The van der Waals surface area contributed by atoms with Crippen LogP contribution in [0.3, 0.4) is 0 Å². The molecule has 0 unspecified atom stereocenters. The first-order chi connectivity index (χ1) is 68.3. The van der Waals surface area contributed by atoms with Crippen LogP contribution in [-0.4, -0.2) is 0 Å². The van der Waals surface area contributed by atoms with Crippen molar-refractivity contribution in [3.05, 3.63) is 509 Å². The van der Waals surface area contributed by atoms with Gasteiger partial charge in [-0.25, -0.2) is 0 Å². The van der Waals surface area contributed by atoms with Gasteiger partial charge in [-0.1, -0.05) is 455 Å². The number of hydrogen-bond acceptors (Lipinski definition) is 3. The summed E-state index contributed by atoms with van der Waals surface area (Å²) in [5.74, 6) is 0. The predicted octanol–water partition coefficient (Wildman–Crippen LogP) is 38.6. The molecule has 0 radical (unpaired) electrons. The molecule has 0 spiro atoms. The van der Waals surface area contributed by atoms with Crippen LogP contribution in [0.15, 0.2) is 511 Å². The summed E-state index contributed by atoms with van der Waals surface area (Å²) in [6.07, 6.45) is 1.02. The molecule has 0 aliphatic carbocycles. The van der Waals surface area contributed by atoms with Crippen molar-refractivity contribution >= 4 is 130 Å². The summed E-state index contributed by atoms with van der Waals surface area (Å²) in [5.41, 5.74) is 37.0. The Morgan fingerprint density at radius 3 is 0.638 bits per heavy atom. The maximum Gasteiger partial charge on any atom is 0.143 e. The number of benzene rings is 24. The topological polar surface area (TPSA) is 39.4 Å². The van der Waals surface area contributed by atoms with E-state index in [0.29, 0.717) is 0 Å². The van der Waals surface area contributed by atoms with E-state index in [4.69, 9.17) is 13.3 Å². The Morgan fingerprint density at radius 1 is 0.145 bits per heavy atom. The van der Waals surface area contributed by atoms with Crippen LogP contribution < -0.4 is 0 Å². The molecule has 138 heavy (non-hydrogen) atoms. The van der Waals surface area contributed by atoms with Crippen LogP contribution in [0.5, 0.6) is 0 Å². The summed E-state index contributed by atoms with van der Waals surface area (Å²) in [7, 11) is 0. The van der Waals surface area contributed by atoms with Gasteiger partial charge in [-0.15, -0.1) is 0 Å². The third-order valence-corrected chi connectivity index (χ3v) is 28.0. The van der Waals surface area contributed by atoms with Gasteiger partial charge in [-0.2, -0.15) is 0 Å². The maximum atomic E-state index is 6.42. The van der Waals surface area contributed by atoms with Crippen molar-refractivity contribution in [3.8, 4) is 134 Å². The predicted molar refractivity (Wildman–Crippen MR) is 586 cm³/mol. The van der Waals surface area contributed by atoms with E-state index in [-0.39, 0.29) is 0 Å². The van der Waals surface area contributed by atoms with Gasteiger partial charge in [-0.05, 0) is 255 Å². The molecular weight excluding hydrogens is 1670 g/mol. The molecule has 27 aromatic rings. The average Bonchev–Trinajstić information content (AvgIpc) is 0.804. The van der Waals surface area contributed by atoms with Crippen molar-refractivity contribution in [1.29, 1.82) is 0 Å². The summed E-state index contributed by atoms with van der Waals surface area (Å²) >= 11 is 0. The van der Waals surface area contributed by atoms with Crippen LogP contribution in [0.25, 0.3) is 264 Å². The van der Waals surface area contributed by atoms with Crippen LogP contribution >= 0.6 is 0 Å². The molecule has 0 fully saturated rings. The van der Waals surface area contributed by atoms with Crippen LogP contribution in [0, 0.1) is 6.92 Å². The minimum absolute atomic E-state index is 0.917. The van der Waals surface area contributed by atoms with Crippen molar-refractivity contribution in [3.63, 3.8) is 0 Å². The van der Waals surface area contributed by atoms with E-state index in [1.165, 1.54) is 176 Å². The number of aryl methyl sites for hydroxylation is 2. The molecule has 3 aromatic heterocycles. The van der Waals surface area contributed by atoms with Crippen molar-refractivity contribution < 1.29 is 13.3 Å². The summed E-state index contributed by atoms with van der Waals surface area (Å²) in [6, 6.07) is 180. The van der Waals surface area contributed by atoms with E-state index >= 15 is 0 Å². The van der Waals surface area contributed by atoms with E-state index in [9.17, 15) is 0 Å². The summed E-state index contributed by atoms with van der Waals surface area (Å²) in [4.78, 5) is 0. The van der Waals surface area contributed by atoms with Gasteiger partial charge in [0.1, 0.15) is 33.5 Å². The molecule has 0 bridgehead atoms. The number of hydrogen-bond donors (Lipinski definition) is 0. The van der Waals surface area contributed by atoms with Crippen LogP contribution in [0.1, 0.15) is 18.1 Å². The van der Waals surface area contributed by atoms with Gasteiger partial charge in [0.05, 0.1) is 0 Å². The monoisotopic (exact) mass is 1760 g/mol. The zero-order valence-corrected chi connectivity index (χ0v) is 76.3. The third kappa shape index (κ3) is 14.6. The van der Waals surface area contributed by atoms with E-state index in [0.717, 1.165) is 106 Å². The molecule has 27 rings (SSSR count). The highest BCUT2D eigenvalue weighted by Gasteiger charge is 2.25. The number of fused-ring (bicyclic) bond motifs is 15. The molecule has 3 nitrogen and oxygen atoms in total. The van der Waals surface area contributed by atoms with Gasteiger partial charge < -0.3 is 13.3 Å². The molecule has 0 saturated carbocycles. The van der Waals surface area contributed by atoms with Crippen molar-refractivity contribution in [2.75, 3.05) is 0 Å². The molecular formula is C135H90O3. The molecule has 0 aliphatic rings. The standard InChI is InChI=1S/C46H32O.C45H30O.C44H28O/c1-2-30-22-24-32(25-23-30)45-39-18-7-6-17-38(39)44(31-12-4-3-5-13-31)40-27-26-34(29-42(40)45)33-14-10-15-35(28-33)36-19-11-20-41-37-16-8-9-21-43(37)47-46(36)41;1-29-21-23-31(24-22-29)44-38-17-6-5-16-37(38)43(30-11-3-2-4-12-30)39-26-25-33(28-41(39)44)32-13-9-14-34(27-32)35-18-10-19-40-36-15-7-8-20-42(36)46-45(35)40;1-3-13-29(14-4-1)42-36-20-7-8-21-37(36)43(30-15-5-2-6-16-30)40-28-32(25-26-38(40)42)31-17-11-18-33(27-31)34-22-12-23-39-35-19-9-10-24-41(35)45-44(34)39/h3-29H,2H2,1H3;2-28H,1H3;1-28H. The van der Waals surface area contributed by atoms with Gasteiger partial charge in [0.15, 0.2) is 0 Å². The fourth-order valence-electron chi connectivity index (χ4n) is 21.5. The second-order valence-corrected chi connectivity index (χ2v) is 36.1. The SMILES string of the molecule is CCc1ccc(-c2c3ccccc3c(-c3ccccc3)c3ccc(-c4cccc(-c5cccc6c5oc5ccccc56)c4)cc23)cc1.Cc1ccc(-c2c3ccccc3c(-c3ccccc3)c3ccc(-c4cccc(-c5cccc6c5oc5ccccc56)c4)cc23)cc1.c1ccc(-c2c3ccccc3c(-c3ccccc3)c3cc(-c4cccc(-c5cccc6c5oc5ccccc56)c4)ccc23)cc1. The lowest BCUT2D eigenvalue weighted by molar-refractivity contribution is 0.669. The number of para-hydroxylation sites is 6. The lowest BCUT2D eigenvalue weighted by Crippen LogP contribution is -1.92. The van der Waals surface area contributed by atoms with Crippen LogP contribution in [0.2, 0.25) is 0 Å². The van der Waals surface area contributed by atoms with Crippen LogP contribution in [0.4, 0.5) is 0 Å². The van der Waals surface area contributed by atoms with Crippen molar-refractivity contribution in [2.24, 2.45) is 0 Å². The maximum absolute atomic E-state index is 6.42. The average molecular weight is 1760 g/mol. The highest BCUT2D eigenvalue weighted by Crippen LogP contribution is 2.51. The Balaban J connectivity index is 0.000000110. The van der Waals surface area contributed by atoms with Crippen molar-refractivity contribution in [2.45, 2.75) is 20.3 Å². The smallest absolute Gasteiger partial charge is 0.143 e. The van der Waals surface area contributed by atoms with Gasteiger partial charge in [-0.3, -0.25) is 0 Å². The van der Waals surface area contributed by atoms with Crippen LogP contribution in [-0.2, 0) is 6.42 Å². The normalized spacial score (nSPS) is 11.6. The number of rotatable bonds is 13. The Kier molecular flexibility index (Phi) is 20.8. The van der Waals surface area contributed by atoms with E-state index in [1.807, 2.05) is 36.4 Å². The summed E-state index contributed by atoms with van der Waals surface area (Å²) in [5, 5.41) is 22.0. The van der Waals surface area contributed by atoms with Crippen molar-refractivity contribution in [1.82, 2.24) is 0 Å².